The standard InChI is InChI=1S/C11H19NO3/c1-8(6-9-2-3-9)12-4-5-15-7-10(12)11(13)14/h8-10H,2-7H2,1H3,(H,13,14). The molecule has 15 heavy (non-hydrogen) atoms. The molecule has 0 aromatic rings. The van der Waals surface area contributed by atoms with Crippen LogP contribution in [0.5, 0.6) is 0 Å². The predicted molar refractivity (Wildman–Crippen MR) is 55.8 cm³/mol. The second-order valence-electron chi connectivity index (χ2n) is 4.69. The van der Waals surface area contributed by atoms with Crippen LogP contribution < -0.4 is 0 Å². The second kappa shape index (κ2) is 4.49. The molecule has 0 aromatic carbocycles. The molecule has 4 nitrogen and oxygen atoms in total. The van der Waals surface area contributed by atoms with Crippen LogP contribution in [0.15, 0.2) is 0 Å². The van der Waals surface area contributed by atoms with Gasteiger partial charge >= 0.3 is 5.97 Å². The third-order valence-corrected chi connectivity index (χ3v) is 3.39. The summed E-state index contributed by atoms with van der Waals surface area (Å²) in [6, 6.07) is -0.0602. The lowest BCUT2D eigenvalue weighted by Crippen LogP contribution is -2.53. The zero-order valence-corrected chi connectivity index (χ0v) is 9.19. The molecule has 0 amide bonds. The van der Waals surface area contributed by atoms with Crippen molar-refractivity contribution in [1.29, 1.82) is 0 Å². The number of carboxylic acids is 1. The number of hydrogen-bond donors (Lipinski definition) is 1. The Labute approximate surface area is 90.2 Å². The zero-order chi connectivity index (χ0) is 10.8. The molecule has 2 aliphatic rings. The van der Waals surface area contributed by atoms with Crippen LogP contribution in [0.1, 0.15) is 26.2 Å². The molecule has 1 N–H and O–H groups in total. The summed E-state index contributed by atoms with van der Waals surface area (Å²) in [6.45, 7) is 3.90. The monoisotopic (exact) mass is 213 g/mol. The van der Waals surface area contributed by atoms with E-state index in [1.807, 2.05) is 0 Å². The summed E-state index contributed by atoms with van der Waals surface area (Å²) < 4.78 is 5.22. The van der Waals surface area contributed by atoms with Gasteiger partial charge in [-0.25, -0.2) is 0 Å². The normalized spacial score (nSPS) is 30.1. The molecular formula is C11H19NO3. The Morgan fingerprint density at radius 1 is 1.60 bits per heavy atom. The number of nitrogens with zero attached hydrogens (tertiary/aromatic N) is 1. The lowest BCUT2D eigenvalue weighted by atomic mass is 10.1. The maximum atomic E-state index is 11.0. The fraction of sp³-hybridized carbons (Fsp3) is 0.909. The van der Waals surface area contributed by atoms with E-state index in [2.05, 4.69) is 11.8 Å². The summed E-state index contributed by atoms with van der Waals surface area (Å²) in [4.78, 5) is 13.1. The van der Waals surface area contributed by atoms with Crippen LogP contribution in [0.3, 0.4) is 0 Å². The summed E-state index contributed by atoms with van der Waals surface area (Å²) in [5.74, 6) is 0.0923. The van der Waals surface area contributed by atoms with Crippen molar-refractivity contribution in [1.82, 2.24) is 4.90 Å². The number of hydrogen-bond acceptors (Lipinski definition) is 3. The quantitative estimate of drug-likeness (QED) is 0.755. The van der Waals surface area contributed by atoms with E-state index < -0.39 is 12.0 Å². The predicted octanol–water partition coefficient (Wildman–Crippen LogP) is 0.960. The van der Waals surface area contributed by atoms with Crippen molar-refractivity contribution < 1.29 is 14.6 Å². The smallest absolute Gasteiger partial charge is 0.323 e. The highest BCUT2D eigenvalue weighted by Gasteiger charge is 2.34. The minimum Gasteiger partial charge on any atom is -0.480 e. The van der Waals surface area contributed by atoms with E-state index in [1.165, 1.54) is 12.8 Å². The van der Waals surface area contributed by atoms with Crippen molar-refractivity contribution in [3.8, 4) is 0 Å². The third kappa shape index (κ3) is 2.69. The van der Waals surface area contributed by atoms with Gasteiger partial charge in [-0.2, -0.15) is 0 Å². The van der Waals surface area contributed by atoms with Crippen molar-refractivity contribution in [2.75, 3.05) is 19.8 Å². The van der Waals surface area contributed by atoms with Crippen LogP contribution in [0, 0.1) is 5.92 Å². The maximum absolute atomic E-state index is 11.0. The Morgan fingerprint density at radius 2 is 2.33 bits per heavy atom. The summed E-state index contributed by atoms with van der Waals surface area (Å²) in [7, 11) is 0. The first-order valence-corrected chi connectivity index (χ1v) is 5.74. The lowest BCUT2D eigenvalue weighted by Gasteiger charge is -2.37. The highest BCUT2D eigenvalue weighted by molar-refractivity contribution is 5.73. The summed E-state index contributed by atoms with van der Waals surface area (Å²) >= 11 is 0. The van der Waals surface area contributed by atoms with Gasteiger partial charge in [0.2, 0.25) is 0 Å². The Kier molecular flexibility index (Phi) is 3.26. The Morgan fingerprint density at radius 3 is 2.93 bits per heavy atom. The summed E-state index contributed by atoms with van der Waals surface area (Å²) in [5.41, 5.74) is 0. The molecule has 2 fully saturated rings. The molecule has 4 heteroatoms. The molecule has 0 radical (unpaired) electrons. The van der Waals surface area contributed by atoms with Crippen molar-refractivity contribution >= 4 is 5.97 Å². The van der Waals surface area contributed by atoms with Crippen LogP contribution in [-0.2, 0) is 9.53 Å². The maximum Gasteiger partial charge on any atom is 0.323 e. The van der Waals surface area contributed by atoms with Gasteiger partial charge in [-0.15, -0.1) is 0 Å². The molecule has 1 aliphatic carbocycles. The summed E-state index contributed by atoms with van der Waals surface area (Å²) in [6.07, 6.45) is 3.79. The minimum absolute atomic E-state index is 0.338. The average Bonchev–Trinajstić information content (AvgIpc) is 3.01. The molecule has 0 aromatic heterocycles. The van der Waals surface area contributed by atoms with Crippen molar-refractivity contribution in [3.05, 3.63) is 0 Å². The van der Waals surface area contributed by atoms with E-state index in [0.29, 0.717) is 19.3 Å². The number of carbonyl (C=O) groups is 1. The van der Waals surface area contributed by atoms with Crippen molar-refractivity contribution in [2.45, 2.75) is 38.3 Å². The second-order valence-corrected chi connectivity index (χ2v) is 4.69. The molecule has 2 atom stereocenters. The summed E-state index contributed by atoms with van der Waals surface area (Å²) in [5, 5.41) is 9.09. The van der Waals surface area contributed by atoms with Gasteiger partial charge in [0.15, 0.2) is 0 Å². The van der Waals surface area contributed by atoms with Gasteiger partial charge < -0.3 is 9.84 Å². The van der Waals surface area contributed by atoms with Gasteiger partial charge in [0.05, 0.1) is 13.2 Å². The first kappa shape index (κ1) is 10.9. The first-order chi connectivity index (χ1) is 7.18. The molecule has 1 saturated carbocycles. The fourth-order valence-corrected chi connectivity index (χ4v) is 2.33. The molecule has 2 unspecified atom stereocenters. The van der Waals surface area contributed by atoms with E-state index >= 15 is 0 Å². The number of ether oxygens (including phenoxy) is 1. The first-order valence-electron chi connectivity index (χ1n) is 5.74. The van der Waals surface area contributed by atoms with Crippen molar-refractivity contribution in [2.24, 2.45) is 5.92 Å². The van der Waals surface area contributed by atoms with Gasteiger partial charge in [-0.1, -0.05) is 12.8 Å². The highest BCUT2D eigenvalue weighted by Crippen LogP contribution is 2.35. The van der Waals surface area contributed by atoms with Crippen LogP contribution in [0.4, 0.5) is 0 Å². The molecule has 1 heterocycles. The Balaban J connectivity index is 1.92. The van der Waals surface area contributed by atoms with E-state index in [4.69, 9.17) is 9.84 Å². The number of carboxylic acid groups (broad SMARTS) is 1. The van der Waals surface area contributed by atoms with Crippen LogP contribution in [0.2, 0.25) is 0 Å². The Bertz CT molecular complexity index is 240. The molecule has 1 saturated heterocycles. The van der Waals surface area contributed by atoms with Crippen LogP contribution in [0.25, 0.3) is 0 Å². The average molecular weight is 213 g/mol. The number of aliphatic carboxylic acids is 1. The van der Waals surface area contributed by atoms with E-state index in [1.54, 1.807) is 0 Å². The SMILES string of the molecule is CC(CC1CC1)N1CCOCC1C(=O)O. The minimum atomic E-state index is -0.752. The molecule has 0 bridgehead atoms. The molecule has 86 valence electrons. The van der Waals surface area contributed by atoms with Gasteiger partial charge in [0, 0.05) is 12.6 Å². The van der Waals surface area contributed by atoms with Gasteiger partial charge in [-0.05, 0) is 19.3 Å². The zero-order valence-electron chi connectivity index (χ0n) is 9.19. The molecule has 2 rings (SSSR count). The largest absolute Gasteiger partial charge is 0.480 e. The Hall–Kier alpha value is -0.610. The van der Waals surface area contributed by atoms with E-state index in [-0.39, 0.29) is 0 Å². The third-order valence-electron chi connectivity index (χ3n) is 3.39. The van der Waals surface area contributed by atoms with Crippen molar-refractivity contribution in [3.63, 3.8) is 0 Å². The van der Waals surface area contributed by atoms with Gasteiger partial charge in [-0.3, -0.25) is 9.69 Å². The molecule has 1 aliphatic heterocycles. The lowest BCUT2D eigenvalue weighted by molar-refractivity contribution is -0.151. The van der Waals surface area contributed by atoms with E-state index in [9.17, 15) is 4.79 Å². The fourth-order valence-electron chi connectivity index (χ4n) is 2.33. The van der Waals surface area contributed by atoms with Crippen LogP contribution >= 0.6 is 0 Å². The molecular weight excluding hydrogens is 194 g/mol. The van der Waals surface area contributed by atoms with Gasteiger partial charge in [0.1, 0.15) is 6.04 Å². The van der Waals surface area contributed by atoms with Crippen LogP contribution in [-0.4, -0.2) is 47.8 Å². The van der Waals surface area contributed by atoms with E-state index in [0.717, 1.165) is 18.9 Å². The van der Waals surface area contributed by atoms with Gasteiger partial charge in [0.25, 0.3) is 0 Å². The molecule has 0 spiro atoms. The topological polar surface area (TPSA) is 49.8 Å². The number of morpholine rings is 1. The number of rotatable bonds is 4. The highest BCUT2D eigenvalue weighted by atomic mass is 16.5.